The largest absolute Gasteiger partial charge is 0.241 e. The van der Waals surface area contributed by atoms with E-state index in [2.05, 4.69) is 9.97 Å². The third kappa shape index (κ3) is 1.97. The van der Waals surface area contributed by atoms with Gasteiger partial charge >= 0.3 is 0 Å². The Morgan fingerprint density at radius 3 is 2.75 bits per heavy atom. The minimum Gasteiger partial charge on any atom is -0.241 e. The summed E-state index contributed by atoms with van der Waals surface area (Å²) < 4.78 is 13.6. The zero-order chi connectivity index (χ0) is 11.5. The van der Waals surface area contributed by atoms with Gasteiger partial charge in [0.25, 0.3) is 0 Å². The number of hydrogen-bond donors (Lipinski definition) is 0. The monoisotopic (exact) mass is 232 g/mol. The molecule has 0 fully saturated rings. The molecule has 0 spiro atoms. The van der Waals surface area contributed by atoms with Crippen LogP contribution in [0, 0.1) is 12.7 Å². The van der Waals surface area contributed by atoms with Gasteiger partial charge in [0.1, 0.15) is 11.6 Å². The Morgan fingerprint density at radius 2 is 2.06 bits per heavy atom. The van der Waals surface area contributed by atoms with E-state index in [0.717, 1.165) is 0 Å². The van der Waals surface area contributed by atoms with Gasteiger partial charge in [-0.25, -0.2) is 14.4 Å². The molecule has 80 valence electrons. The van der Waals surface area contributed by atoms with Crippen molar-refractivity contribution in [2.24, 2.45) is 0 Å². The second kappa shape index (κ2) is 4.45. The van der Waals surface area contributed by atoms with E-state index in [1.807, 2.05) is 0 Å². The van der Waals surface area contributed by atoms with Crippen molar-refractivity contribution in [1.82, 2.24) is 9.97 Å². The van der Waals surface area contributed by atoms with Crippen LogP contribution in [-0.4, -0.2) is 15.3 Å². The molecule has 1 aromatic heterocycles. The average Bonchev–Trinajstić information content (AvgIpc) is 2.29. The van der Waals surface area contributed by atoms with Crippen molar-refractivity contribution in [2.45, 2.75) is 6.92 Å². The van der Waals surface area contributed by atoms with Crippen molar-refractivity contribution < 1.29 is 4.39 Å². The van der Waals surface area contributed by atoms with E-state index in [4.69, 9.17) is 12.2 Å². The van der Waals surface area contributed by atoms with Gasteiger partial charge in [-0.1, -0.05) is 24.4 Å². The Bertz CT molecular complexity index is 540. The van der Waals surface area contributed by atoms with Crippen molar-refractivity contribution >= 4 is 17.6 Å². The highest BCUT2D eigenvalue weighted by atomic mass is 32.1. The van der Waals surface area contributed by atoms with Gasteiger partial charge in [0.05, 0.1) is 5.69 Å². The maximum Gasteiger partial charge on any atom is 0.132 e. The van der Waals surface area contributed by atoms with E-state index in [0.29, 0.717) is 22.6 Å². The lowest BCUT2D eigenvalue weighted by atomic mass is 10.1. The van der Waals surface area contributed by atoms with E-state index >= 15 is 0 Å². The van der Waals surface area contributed by atoms with E-state index in [-0.39, 0.29) is 5.82 Å². The van der Waals surface area contributed by atoms with Crippen molar-refractivity contribution in [1.29, 1.82) is 0 Å². The summed E-state index contributed by atoms with van der Waals surface area (Å²) in [4.78, 5) is 8.26. The van der Waals surface area contributed by atoms with Crippen molar-refractivity contribution in [3.8, 4) is 11.3 Å². The summed E-state index contributed by atoms with van der Waals surface area (Å²) >= 11 is 4.87. The zero-order valence-corrected chi connectivity index (χ0v) is 9.46. The zero-order valence-electron chi connectivity index (χ0n) is 8.64. The van der Waals surface area contributed by atoms with Gasteiger partial charge in [-0.3, -0.25) is 0 Å². The summed E-state index contributed by atoms with van der Waals surface area (Å²) in [5.74, 6) is 0.289. The van der Waals surface area contributed by atoms with Gasteiger partial charge in [-0.2, -0.15) is 0 Å². The van der Waals surface area contributed by atoms with Crippen LogP contribution in [0.2, 0.25) is 0 Å². The third-order valence-corrected chi connectivity index (χ3v) is 2.45. The van der Waals surface area contributed by atoms with Crippen LogP contribution < -0.4 is 0 Å². The topological polar surface area (TPSA) is 25.8 Å². The van der Waals surface area contributed by atoms with Crippen LogP contribution in [0.3, 0.4) is 0 Å². The molecule has 0 unspecified atom stereocenters. The first kappa shape index (κ1) is 10.8. The maximum absolute atomic E-state index is 13.6. The number of thiocarbonyl (C=S) groups is 1. The SMILES string of the molecule is Cc1ncc(C=S)c(-c2ccccc2F)n1. The smallest absolute Gasteiger partial charge is 0.132 e. The van der Waals surface area contributed by atoms with Crippen LogP contribution in [0.1, 0.15) is 11.4 Å². The summed E-state index contributed by atoms with van der Waals surface area (Å²) in [5.41, 5.74) is 1.65. The summed E-state index contributed by atoms with van der Waals surface area (Å²) in [6.07, 6.45) is 1.61. The second-order valence-corrected chi connectivity index (χ2v) is 3.55. The number of halogens is 1. The van der Waals surface area contributed by atoms with Gasteiger partial charge in [0.2, 0.25) is 0 Å². The first-order valence-corrected chi connectivity index (χ1v) is 5.23. The molecule has 2 rings (SSSR count). The van der Waals surface area contributed by atoms with Gasteiger partial charge < -0.3 is 0 Å². The minimum absolute atomic E-state index is 0.307. The Kier molecular flexibility index (Phi) is 3.01. The first-order chi connectivity index (χ1) is 7.72. The van der Waals surface area contributed by atoms with Crippen LogP contribution in [-0.2, 0) is 0 Å². The molecule has 16 heavy (non-hydrogen) atoms. The predicted octanol–water partition coefficient (Wildman–Crippen LogP) is 2.94. The summed E-state index contributed by atoms with van der Waals surface area (Å²) in [6, 6.07) is 6.49. The molecule has 0 aliphatic rings. The Balaban J connectivity index is 2.67. The number of aromatic nitrogens is 2. The number of nitrogens with zero attached hydrogens (tertiary/aromatic N) is 2. The van der Waals surface area contributed by atoms with Crippen LogP contribution in [0.15, 0.2) is 30.5 Å². The Hall–Kier alpha value is -1.68. The molecule has 4 heteroatoms. The molecular weight excluding hydrogens is 223 g/mol. The van der Waals surface area contributed by atoms with Gasteiger partial charge in [0.15, 0.2) is 0 Å². The standard InChI is InChI=1S/C12H9FN2S/c1-8-14-6-9(7-16)12(15-8)10-4-2-3-5-11(10)13/h2-7H,1H3. The van der Waals surface area contributed by atoms with E-state index < -0.39 is 0 Å². The lowest BCUT2D eigenvalue weighted by molar-refractivity contribution is 0.630. The van der Waals surface area contributed by atoms with Crippen molar-refractivity contribution in [3.63, 3.8) is 0 Å². The molecule has 0 saturated heterocycles. The third-order valence-electron chi connectivity index (χ3n) is 2.19. The molecule has 0 amide bonds. The normalized spacial score (nSPS) is 10.1. The van der Waals surface area contributed by atoms with Crippen LogP contribution in [0.4, 0.5) is 4.39 Å². The average molecular weight is 232 g/mol. The number of hydrogen-bond acceptors (Lipinski definition) is 3. The first-order valence-electron chi connectivity index (χ1n) is 4.76. The number of aryl methyl sites for hydroxylation is 1. The molecule has 0 saturated carbocycles. The quantitative estimate of drug-likeness (QED) is 0.744. The van der Waals surface area contributed by atoms with E-state index in [1.165, 1.54) is 11.4 Å². The Morgan fingerprint density at radius 1 is 1.31 bits per heavy atom. The lowest BCUT2D eigenvalue weighted by Crippen LogP contribution is -1.98. The molecule has 0 aliphatic heterocycles. The number of benzene rings is 1. The molecule has 0 aliphatic carbocycles. The van der Waals surface area contributed by atoms with Gasteiger partial charge in [-0.05, 0) is 19.1 Å². The van der Waals surface area contributed by atoms with E-state index in [1.54, 1.807) is 31.3 Å². The fourth-order valence-corrected chi connectivity index (χ4v) is 1.61. The molecular formula is C12H9FN2S. The van der Waals surface area contributed by atoms with Crippen molar-refractivity contribution in [3.05, 3.63) is 47.7 Å². The second-order valence-electron chi connectivity index (χ2n) is 3.32. The fraction of sp³-hybridized carbons (Fsp3) is 0.0833. The summed E-state index contributed by atoms with van der Waals surface area (Å²) in [5, 5.41) is 1.46. The number of rotatable bonds is 2. The molecule has 0 N–H and O–H groups in total. The highest BCUT2D eigenvalue weighted by Crippen LogP contribution is 2.22. The van der Waals surface area contributed by atoms with Crippen LogP contribution in [0.25, 0.3) is 11.3 Å². The van der Waals surface area contributed by atoms with Crippen LogP contribution >= 0.6 is 12.2 Å². The van der Waals surface area contributed by atoms with Crippen molar-refractivity contribution in [2.75, 3.05) is 0 Å². The highest BCUT2D eigenvalue weighted by Gasteiger charge is 2.10. The molecule has 1 heterocycles. The Labute approximate surface area is 98.2 Å². The molecule has 0 bridgehead atoms. The fourth-order valence-electron chi connectivity index (χ4n) is 1.43. The molecule has 2 nitrogen and oxygen atoms in total. The van der Waals surface area contributed by atoms with Gasteiger partial charge in [-0.15, -0.1) is 0 Å². The highest BCUT2D eigenvalue weighted by molar-refractivity contribution is 7.79. The predicted molar refractivity (Wildman–Crippen MR) is 64.9 cm³/mol. The maximum atomic E-state index is 13.6. The lowest BCUT2D eigenvalue weighted by Gasteiger charge is -2.06. The minimum atomic E-state index is -0.307. The summed E-state index contributed by atoms with van der Waals surface area (Å²) in [6.45, 7) is 1.76. The van der Waals surface area contributed by atoms with E-state index in [9.17, 15) is 4.39 Å². The van der Waals surface area contributed by atoms with Gasteiger partial charge in [0, 0.05) is 22.7 Å². The molecule has 1 aromatic carbocycles. The summed E-state index contributed by atoms with van der Waals surface area (Å²) in [7, 11) is 0. The molecule has 0 radical (unpaired) electrons. The molecule has 0 atom stereocenters. The molecule has 2 aromatic rings. The van der Waals surface area contributed by atoms with Crippen LogP contribution in [0.5, 0.6) is 0 Å².